The highest BCUT2D eigenvalue weighted by Crippen LogP contribution is 1.48. The average Bonchev–Trinajstić information content (AvgIpc) is 1.91. The molecule has 0 spiro atoms. The summed E-state index contributed by atoms with van der Waals surface area (Å²) in [6.07, 6.45) is 1.57. The van der Waals surface area contributed by atoms with Crippen molar-refractivity contribution >= 4 is 0 Å². The van der Waals surface area contributed by atoms with E-state index >= 15 is 0 Å². The maximum atomic E-state index is 7.74. The number of hydroxylamine groups is 1. The average molecular weight is 134 g/mol. The third-order valence-electron chi connectivity index (χ3n) is 0.402. The van der Waals surface area contributed by atoms with Crippen LogP contribution in [0.25, 0.3) is 0 Å². The number of rotatable bonds is 3. The van der Waals surface area contributed by atoms with E-state index in [0.717, 1.165) is 0 Å². The van der Waals surface area contributed by atoms with Gasteiger partial charge in [0.15, 0.2) is 0 Å². The lowest BCUT2D eigenvalue weighted by molar-refractivity contribution is 0.152. The molecule has 4 heteroatoms. The smallest absolute Gasteiger partial charge is 0.0651 e. The fraction of sp³-hybridized carbons (Fsp3) is 0.600. The first kappa shape index (κ1) is 11.4. The van der Waals surface area contributed by atoms with E-state index in [1.165, 1.54) is 0 Å². The molecule has 0 radical (unpaired) electrons. The highest BCUT2D eigenvalue weighted by atomic mass is 16.6. The predicted molar refractivity (Wildman–Crippen MR) is 35.8 cm³/mol. The van der Waals surface area contributed by atoms with Gasteiger partial charge in [-0.2, -0.15) is 0 Å². The zero-order valence-electron chi connectivity index (χ0n) is 5.63. The molecular formula is C5H14N2O2. The van der Waals surface area contributed by atoms with Crippen molar-refractivity contribution in [3.05, 3.63) is 12.7 Å². The number of hydrogen-bond donors (Lipinski definition) is 3. The highest BCUT2D eigenvalue weighted by Gasteiger charge is 1.58. The van der Waals surface area contributed by atoms with E-state index in [0.29, 0.717) is 13.2 Å². The molecule has 0 saturated carbocycles. The summed E-state index contributed by atoms with van der Waals surface area (Å²) in [4.78, 5) is 4.04. The number of hydrogen-bond acceptors (Lipinski definition) is 4. The molecule has 0 saturated heterocycles. The predicted octanol–water partition coefficient (Wildman–Crippen LogP) is 0.0478. The Bertz CT molecular complexity index is 48.2. The van der Waals surface area contributed by atoms with E-state index in [2.05, 4.69) is 17.3 Å². The molecule has 4 N–H and O–H groups in total. The van der Waals surface area contributed by atoms with Crippen molar-refractivity contribution in [2.75, 3.05) is 13.2 Å². The van der Waals surface area contributed by atoms with E-state index in [1.807, 2.05) is 12.4 Å². The van der Waals surface area contributed by atoms with Crippen molar-refractivity contribution in [1.29, 1.82) is 0 Å². The van der Waals surface area contributed by atoms with E-state index in [9.17, 15) is 0 Å². The van der Waals surface area contributed by atoms with Crippen LogP contribution in [-0.2, 0) is 4.84 Å². The largest absolute Gasteiger partial charge is 0.317 e. The van der Waals surface area contributed by atoms with Crippen LogP contribution in [0.2, 0.25) is 0 Å². The van der Waals surface area contributed by atoms with Crippen LogP contribution in [0.1, 0.15) is 6.92 Å². The first-order chi connectivity index (χ1) is 4.33. The van der Waals surface area contributed by atoms with Gasteiger partial charge >= 0.3 is 0 Å². The topological polar surface area (TPSA) is 67.5 Å². The normalized spacial score (nSPS) is 7.44. The van der Waals surface area contributed by atoms with Crippen LogP contribution in [0.5, 0.6) is 0 Å². The lowest BCUT2D eigenvalue weighted by Gasteiger charge is -1.78. The van der Waals surface area contributed by atoms with Gasteiger partial charge in [-0.25, -0.2) is 11.4 Å². The maximum Gasteiger partial charge on any atom is 0.0651 e. The van der Waals surface area contributed by atoms with Gasteiger partial charge in [0.2, 0.25) is 0 Å². The maximum absolute atomic E-state index is 7.74. The summed E-state index contributed by atoms with van der Waals surface area (Å²) < 4.78 is 0. The van der Waals surface area contributed by atoms with Gasteiger partial charge in [-0.1, -0.05) is 6.08 Å². The summed E-state index contributed by atoms with van der Waals surface area (Å²) in [6.45, 7) is 6.22. The van der Waals surface area contributed by atoms with Gasteiger partial charge in [0.25, 0.3) is 0 Å². The van der Waals surface area contributed by atoms with Gasteiger partial charge < -0.3 is 10.0 Å². The first-order valence-corrected chi connectivity index (χ1v) is 2.63. The standard InChI is InChI=1S/C3H7NO.C2H7NO/c1-2-3-4-5;1-2-4-3/h2,4-5H,1,3H2;2-3H2,1H3. The molecule has 0 bridgehead atoms. The first-order valence-electron chi connectivity index (χ1n) is 2.63. The quantitative estimate of drug-likeness (QED) is 0.377. The molecule has 0 aliphatic heterocycles. The summed E-state index contributed by atoms with van der Waals surface area (Å²) >= 11 is 0. The Kier molecular flexibility index (Phi) is 19.8. The van der Waals surface area contributed by atoms with E-state index < -0.39 is 0 Å². The van der Waals surface area contributed by atoms with Crippen molar-refractivity contribution in [1.82, 2.24) is 5.48 Å². The lowest BCUT2D eigenvalue weighted by atomic mass is 10.7. The van der Waals surface area contributed by atoms with E-state index in [1.54, 1.807) is 6.08 Å². The Morgan fingerprint density at radius 1 is 1.89 bits per heavy atom. The van der Waals surface area contributed by atoms with Crippen LogP contribution >= 0.6 is 0 Å². The van der Waals surface area contributed by atoms with Crippen LogP contribution in [0.4, 0.5) is 0 Å². The minimum Gasteiger partial charge on any atom is -0.317 e. The van der Waals surface area contributed by atoms with Crippen LogP contribution < -0.4 is 11.4 Å². The van der Waals surface area contributed by atoms with Crippen molar-refractivity contribution in [2.45, 2.75) is 6.92 Å². The molecule has 0 aliphatic rings. The molecule has 0 aromatic rings. The number of nitrogens with one attached hydrogen (secondary N) is 1. The van der Waals surface area contributed by atoms with E-state index in [-0.39, 0.29) is 0 Å². The van der Waals surface area contributed by atoms with Crippen LogP contribution in [0.15, 0.2) is 12.7 Å². The van der Waals surface area contributed by atoms with Crippen LogP contribution in [0, 0.1) is 0 Å². The molecule has 0 amide bonds. The van der Waals surface area contributed by atoms with Gasteiger partial charge in [0, 0.05) is 6.54 Å². The van der Waals surface area contributed by atoms with Crippen LogP contribution in [-0.4, -0.2) is 18.4 Å². The Hall–Kier alpha value is -0.420. The fourth-order valence-corrected chi connectivity index (χ4v) is 0.0645. The Labute approximate surface area is 55.2 Å². The molecule has 0 aliphatic carbocycles. The van der Waals surface area contributed by atoms with Crippen molar-refractivity contribution < 1.29 is 10.0 Å². The summed E-state index contributed by atoms with van der Waals surface area (Å²) in [5, 5.41) is 7.74. The lowest BCUT2D eigenvalue weighted by Crippen LogP contribution is -2.04. The Morgan fingerprint density at radius 3 is 2.33 bits per heavy atom. The van der Waals surface area contributed by atoms with Gasteiger partial charge in [-0.05, 0) is 6.92 Å². The second-order valence-electron chi connectivity index (χ2n) is 1.11. The summed E-state index contributed by atoms with van der Waals surface area (Å²) in [7, 11) is 0. The Balaban J connectivity index is 0. The fourth-order valence-electron chi connectivity index (χ4n) is 0.0645. The van der Waals surface area contributed by atoms with Gasteiger partial charge in [-0.3, -0.25) is 0 Å². The molecule has 0 aromatic heterocycles. The Morgan fingerprint density at radius 2 is 2.33 bits per heavy atom. The molecule has 9 heavy (non-hydrogen) atoms. The minimum atomic E-state index is 0.458. The van der Waals surface area contributed by atoms with Gasteiger partial charge in [0.05, 0.1) is 6.61 Å². The molecule has 0 atom stereocenters. The molecule has 0 rings (SSSR count). The van der Waals surface area contributed by atoms with Crippen LogP contribution in [0.3, 0.4) is 0 Å². The molecule has 0 fully saturated rings. The van der Waals surface area contributed by atoms with Gasteiger partial charge in [-0.15, -0.1) is 6.58 Å². The highest BCUT2D eigenvalue weighted by molar-refractivity contribution is 4.65. The summed E-state index contributed by atoms with van der Waals surface area (Å²) in [5.41, 5.74) is 1.90. The molecular weight excluding hydrogens is 120 g/mol. The zero-order chi connectivity index (χ0) is 7.54. The van der Waals surface area contributed by atoms with Crippen molar-refractivity contribution in [3.8, 4) is 0 Å². The molecule has 0 unspecified atom stereocenters. The SMILES string of the molecule is C=CCNO.CCON. The molecule has 4 nitrogen and oxygen atoms in total. The zero-order valence-corrected chi connectivity index (χ0v) is 5.63. The van der Waals surface area contributed by atoms with E-state index in [4.69, 9.17) is 5.21 Å². The van der Waals surface area contributed by atoms with Crippen molar-refractivity contribution in [3.63, 3.8) is 0 Å². The van der Waals surface area contributed by atoms with Crippen molar-refractivity contribution in [2.24, 2.45) is 5.90 Å². The molecule has 0 heterocycles. The number of nitrogens with two attached hydrogens (primary N) is 1. The molecule has 56 valence electrons. The minimum absolute atomic E-state index is 0.458. The third-order valence-corrected chi connectivity index (χ3v) is 0.402. The third kappa shape index (κ3) is 35.5. The van der Waals surface area contributed by atoms with Gasteiger partial charge in [0.1, 0.15) is 0 Å². The second kappa shape index (κ2) is 15.6. The monoisotopic (exact) mass is 134 g/mol. The summed E-state index contributed by atoms with van der Waals surface area (Å²) in [6, 6.07) is 0. The second-order valence-corrected chi connectivity index (χ2v) is 1.11. The summed E-state index contributed by atoms with van der Waals surface area (Å²) in [5.74, 6) is 4.53. The molecule has 0 aromatic carbocycles.